The molecular formula is C17H24ClN3O2. The smallest absolute Gasteiger partial charge is 0.252 e. The molecule has 1 aliphatic carbocycles. The molecule has 0 radical (unpaired) electrons. The van der Waals surface area contributed by atoms with E-state index in [-0.39, 0.29) is 24.2 Å². The summed E-state index contributed by atoms with van der Waals surface area (Å²) in [6, 6.07) is 9.06. The van der Waals surface area contributed by atoms with Gasteiger partial charge in [-0.15, -0.1) is 12.4 Å². The van der Waals surface area contributed by atoms with Gasteiger partial charge < -0.3 is 16.0 Å². The lowest BCUT2D eigenvalue weighted by Gasteiger charge is -2.34. The number of nitrogens with zero attached hydrogens (tertiary/aromatic N) is 1. The molecule has 1 aromatic rings. The fourth-order valence-electron chi connectivity index (χ4n) is 3.07. The Hall–Kier alpha value is -1.59. The van der Waals surface area contributed by atoms with E-state index in [1.165, 1.54) is 0 Å². The predicted molar refractivity (Wildman–Crippen MR) is 91.5 cm³/mol. The van der Waals surface area contributed by atoms with E-state index in [1.807, 2.05) is 23.1 Å². The molecule has 0 atom stereocenters. The van der Waals surface area contributed by atoms with Gasteiger partial charge in [-0.05, 0) is 50.3 Å². The van der Waals surface area contributed by atoms with Gasteiger partial charge in [0.1, 0.15) is 5.54 Å². The molecule has 0 aromatic heterocycles. The lowest BCUT2D eigenvalue weighted by molar-refractivity contribution is -0.135. The van der Waals surface area contributed by atoms with E-state index in [9.17, 15) is 9.59 Å². The summed E-state index contributed by atoms with van der Waals surface area (Å²) in [4.78, 5) is 26.9. The maximum absolute atomic E-state index is 12.7. The number of hydrogen-bond donors (Lipinski definition) is 2. The van der Waals surface area contributed by atoms with Gasteiger partial charge in [0, 0.05) is 18.7 Å². The Kier molecular flexibility index (Phi) is 5.65. The number of nitrogens with two attached hydrogens (primary N) is 1. The Labute approximate surface area is 143 Å². The van der Waals surface area contributed by atoms with Crippen molar-refractivity contribution in [2.24, 2.45) is 11.7 Å². The summed E-state index contributed by atoms with van der Waals surface area (Å²) >= 11 is 0. The standard InChI is InChI=1S/C17H23N3O2.ClH/c18-12-13-6-10-20(11-7-13)16(22)17(8-9-17)19-15(21)14-4-2-1-3-5-14;/h1-5,13H,6-12,18H2,(H,19,21);1H. The van der Waals surface area contributed by atoms with Gasteiger partial charge in [0.15, 0.2) is 0 Å². The third-order valence-corrected chi connectivity index (χ3v) is 4.78. The summed E-state index contributed by atoms with van der Waals surface area (Å²) in [6.07, 6.45) is 3.40. The third kappa shape index (κ3) is 3.85. The molecule has 1 heterocycles. The zero-order valence-electron chi connectivity index (χ0n) is 13.2. The van der Waals surface area contributed by atoms with E-state index in [2.05, 4.69) is 5.32 Å². The highest BCUT2D eigenvalue weighted by atomic mass is 35.5. The van der Waals surface area contributed by atoms with E-state index >= 15 is 0 Å². The van der Waals surface area contributed by atoms with Crippen LogP contribution < -0.4 is 11.1 Å². The molecule has 1 saturated carbocycles. The van der Waals surface area contributed by atoms with E-state index < -0.39 is 5.54 Å². The number of hydrogen-bond acceptors (Lipinski definition) is 3. The van der Waals surface area contributed by atoms with Crippen molar-refractivity contribution in [3.8, 4) is 0 Å². The van der Waals surface area contributed by atoms with Gasteiger partial charge in [0.2, 0.25) is 5.91 Å². The van der Waals surface area contributed by atoms with Crippen LogP contribution in [0, 0.1) is 5.92 Å². The van der Waals surface area contributed by atoms with E-state index in [1.54, 1.807) is 12.1 Å². The largest absolute Gasteiger partial charge is 0.341 e. The number of amides is 2. The van der Waals surface area contributed by atoms with Crippen LogP contribution >= 0.6 is 12.4 Å². The van der Waals surface area contributed by atoms with Crippen molar-refractivity contribution in [1.29, 1.82) is 0 Å². The van der Waals surface area contributed by atoms with Crippen molar-refractivity contribution in [2.45, 2.75) is 31.2 Å². The number of carbonyl (C=O) groups excluding carboxylic acids is 2. The molecule has 23 heavy (non-hydrogen) atoms. The Morgan fingerprint density at radius 3 is 2.30 bits per heavy atom. The van der Waals surface area contributed by atoms with Crippen LogP contribution in [0.4, 0.5) is 0 Å². The Bertz CT molecular complexity index is 552. The monoisotopic (exact) mass is 337 g/mol. The van der Waals surface area contributed by atoms with E-state index in [0.29, 0.717) is 18.0 Å². The molecule has 1 aliphatic heterocycles. The molecule has 2 fully saturated rings. The van der Waals surface area contributed by atoms with Crippen molar-refractivity contribution in [1.82, 2.24) is 10.2 Å². The molecular weight excluding hydrogens is 314 g/mol. The van der Waals surface area contributed by atoms with Crippen molar-refractivity contribution in [3.63, 3.8) is 0 Å². The van der Waals surface area contributed by atoms with E-state index in [4.69, 9.17) is 5.73 Å². The minimum Gasteiger partial charge on any atom is -0.341 e. The predicted octanol–water partition coefficient (Wildman–Crippen LogP) is 1.57. The van der Waals surface area contributed by atoms with Crippen LogP contribution in [0.2, 0.25) is 0 Å². The SMILES string of the molecule is Cl.NCC1CCN(C(=O)C2(NC(=O)c3ccccc3)CC2)CC1. The van der Waals surface area contributed by atoms with Gasteiger partial charge in [0.25, 0.3) is 5.91 Å². The second kappa shape index (κ2) is 7.32. The maximum Gasteiger partial charge on any atom is 0.252 e. The van der Waals surface area contributed by atoms with Crippen LogP contribution in [0.1, 0.15) is 36.0 Å². The summed E-state index contributed by atoms with van der Waals surface area (Å²) in [5, 5.41) is 2.95. The minimum atomic E-state index is -0.664. The number of halogens is 1. The zero-order chi connectivity index (χ0) is 15.6. The Morgan fingerprint density at radius 2 is 1.78 bits per heavy atom. The molecule has 126 valence electrons. The van der Waals surface area contributed by atoms with Crippen LogP contribution in [0.15, 0.2) is 30.3 Å². The number of carbonyl (C=O) groups is 2. The van der Waals surface area contributed by atoms with Crippen molar-refractivity contribution in [2.75, 3.05) is 19.6 Å². The first-order chi connectivity index (χ1) is 10.6. The summed E-state index contributed by atoms with van der Waals surface area (Å²) in [7, 11) is 0. The molecule has 0 bridgehead atoms. The van der Waals surface area contributed by atoms with Crippen molar-refractivity contribution < 1.29 is 9.59 Å². The fourth-order valence-corrected chi connectivity index (χ4v) is 3.07. The van der Waals surface area contributed by atoms with Crippen LogP contribution in [-0.2, 0) is 4.79 Å². The average molecular weight is 338 g/mol. The normalized spacial score (nSPS) is 19.6. The van der Waals surface area contributed by atoms with Crippen LogP contribution in [0.5, 0.6) is 0 Å². The van der Waals surface area contributed by atoms with Gasteiger partial charge in [-0.1, -0.05) is 18.2 Å². The van der Waals surface area contributed by atoms with Crippen LogP contribution in [-0.4, -0.2) is 41.9 Å². The van der Waals surface area contributed by atoms with E-state index in [0.717, 1.165) is 38.8 Å². The van der Waals surface area contributed by atoms with Crippen molar-refractivity contribution >= 4 is 24.2 Å². The quantitative estimate of drug-likeness (QED) is 0.875. The maximum atomic E-state index is 12.7. The fraction of sp³-hybridized carbons (Fsp3) is 0.529. The summed E-state index contributed by atoms with van der Waals surface area (Å²) in [5.41, 5.74) is 5.63. The van der Waals surface area contributed by atoms with Gasteiger partial charge in [-0.3, -0.25) is 9.59 Å². The molecule has 0 spiro atoms. The highest BCUT2D eigenvalue weighted by Crippen LogP contribution is 2.38. The van der Waals surface area contributed by atoms with Gasteiger partial charge in [-0.25, -0.2) is 0 Å². The summed E-state index contributed by atoms with van der Waals surface area (Å²) in [5.74, 6) is 0.439. The second-order valence-electron chi connectivity index (χ2n) is 6.37. The van der Waals surface area contributed by atoms with Crippen LogP contribution in [0.25, 0.3) is 0 Å². The van der Waals surface area contributed by atoms with Gasteiger partial charge >= 0.3 is 0 Å². The first-order valence-corrected chi connectivity index (χ1v) is 8.02. The Balaban J connectivity index is 0.00000192. The number of nitrogens with one attached hydrogen (secondary N) is 1. The van der Waals surface area contributed by atoms with Gasteiger partial charge in [0.05, 0.1) is 0 Å². The van der Waals surface area contributed by atoms with Gasteiger partial charge in [-0.2, -0.15) is 0 Å². The molecule has 6 heteroatoms. The lowest BCUT2D eigenvalue weighted by atomic mass is 9.96. The third-order valence-electron chi connectivity index (χ3n) is 4.78. The van der Waals surface area contributed by atoms with Crippen LogP contribution in [0.3, 0.4) is 0 Å². The molecule has 2 amide bonds. The lowest BCUT2D eigenvalue weighted by Crippen LogP contribution is -2.52. The number of likely N-dealkylation sites (tertiary alicyclic amines) is 1. The summed E-state index contributed by atoms with van der Waals surface area (Å²) in [6.45, 7) is 2.20. The first kappa shape index (κ1) is 17.8. The average Bonchev–Trinajstić information content (AvgIpc) is 3.36. The topological polar surface area (TPSA) is 75.4 Å². The molecule has 3 rings (SSSR count). The molecule has 0 unspecified atom stereocenters. The Morgan fingerprint density at radius 1 is 1.17 bits per heavy atom. The highest BCUT2D eigenvalue weighted by Gasteiger charge is 2.53. The minimum absolute atomic E-state index is 0. The summed E-state index contributed by atoms with van der Waals surface area (Å²) < 4.78 is 0. The molecule has 1 saturated heterocycles. The highest BCUT2D eigenvalue weighted by molar-refractivity contribution is 6.00. The zero-order valence-corrected chi connectivity index (χ0v) is 14.0. The van der Waals surface area contributed by atoms with Crippen molar-refractivity contribution in [3.05, 3.63) is 35.9 Å². The number of benzene rings is 1. The number of piperidine rings is 1. The molecule has 5 nitrogen and oxygen atoms in total. The molecule has 3 N–H and O–H groups in total. The second-order valence-corrected chi connectivity index (χ2v) is 6.37. The number of rotatable bonds is 4. The molecule has 2 aliphatic rings. The first-order valence-electron chi connectivity index (χ1n) is 8.02. The molecule has 1 aromatic carbocycles.